The van der Waals surface area contributed by atoms with Crippen LogP contribution < -0.4 is 15.4 Å². The SMILES string of the molecule is COc1ccc(-c2cnc(NC3CCCC(NC(=O)N4CCC(C)CC4)C3)nc2)cc1.[CH]1\C=C/C=C\C=C/C=C\1.[HH].[HH]. The summed E-state index contributed by atoms with van der Waals surface area (Å²) in [5, 5.41) is 6.71. The normalized spacial score (nSPS) is 24.1. The fourth-order valence-corrected chi connectivity index (χ4v) is 5.02. The van der Waals surface area contributed by atoms with Crippen molar-refractivity contribution in [3.8, 4) is 16.9 Å². The maximum absolute atomic E-state index is 12.6. The molecule has 3 aliphatic rings. The molecule has 1 radical (unpaired) electrons. The summed E-state index contributed by atoms with van der Waals surface area (Å²) in [6.45, 7) is 4.00. The number of allylic oxidation sites excluding steroid dienone is 8. The third kappa shape index (κ3) is 9.40. The summed E-state index contributed by atoms with van der Waals surface area (Å²) >= 11 is 0. The first-order valence-electron chi connectivity index (χ1n) is 14.4. The topological polar surface area (TPSA) is 79.4 Å². The molecule has 1 aliphatic heterocycles. The van der Waals surface area contributed by atoms with E-state index in [1.54, 1.807) is 7.11 Å². The molecule has 2 amide bonds. The van der Waals surface area contributed by atoms with Crippen LogP contribution in [0.1, 0.15) is 48.3 Å². The van der Waals surface area contributed by atoms with Gasteiger partial charge in [0, 0.05) is 52.4 Å². The number of carbonyl (C=O) groups excluding carboxylic acids is 1. The molecule has 1 aromatic carbocycles. The van der Waals surface area contributed by atoms with Gasteiger partial charge in [0.2, 0.25) is 5.95 Å². The first kappa shape index (κ1) is 29.1. The molecule has 7 nitrogen and oxygen atoms in total. The molecule has 1 aromatic heterocycles. The van der Waals surface area contributed by atoms with Crippen LogP contribution in [-0.2, 0) is 0 Å². The van der Waals surface area contributed by atoms with Crippen molar-refractivity contribution in [2.45, 2.75) is 57.5 Å². The van der Waals surface area contributed by atoms with Gasteiger partial charge in [-0.15, -0.1) is 0 Å². The Balaban J connectivity index is 0.000000482. The summed E-state index contributed by atoms with van der Waals surface area (Å²) in [5.74, 6) is 2.19. The van der Waals surface area contributed by atoms with E-state index in [-0.39, 0.29) is 21.0 Å². The lowest BCUT2D eigenvalue weighted by molar-refractivity contribution is 0.167. The van der Waals surface area contributed by atoms with Gasteiger partial charge in [0.1, 0.15) is 5.75 Å². The largest absolute Gasteiger partial charge is 0.497 e. The Labute approximate surface area is 242 Å². The maximum atomic E-state index is 12.6. The number of likely N-dealkylation sites (tertiary alicyclic amines) is 1. The molecular weight excluding hydrogens is 498 g/mol. The van der Waals surface area contributed by atoms with Gasteiger partial charge >= 0.3 is 6.03 Å². The third-order valence-electron chi connectivity index (χ3n) is 7.48. The van der Waals surface area contributed by atoms with Gasteiger partial charge in [-0.2, -0.15) is 0 Å². The summed E-state index contributed by atoms with van der Waals surface area (Å²) in [6.07, 6.45) is 28.0. The minimum atomic E-state index is 0. The zero-order valence-corrected chi connectivity index (χ0v) is 23.7. The van der Waals surface area contributed by atoms with Gasteiger partial charge in [0.05, 0.1) is 7.11 Å². The van der Waals surface area contributed by atoms with E-state index in [0.717, 1.165) is 74.4 Å². The smallest absolute Gasteiger partial charge is 0.317 e. The standard InChI is InChI=1S/C24H33N5O2.C9H9.2H2/c1-17-10-12-29(13-11-17)24(30)28-21-5-3-4-20(14-21)27-23-25-15-19(16-26-23)18-6-8-22(31-2)9-7-18;1-2-4-6-8-9-7-5-3-1;;/h6-9,15-17,20-21H,3-5,10-14H2,1-2H3,(H,28,30)(H,25,26,27);1-9H;2*1H/b;2-1-,5-3-,6-4-,9-7-;;. The molecule has 0 bridgehead atoms. The van der Waals surface area contributed by atoms with Gasteiger partial charge in [-0.1, -0.05) is 67.7 Å². The quantitative estimate of drug-likeness (QED) is 0.415. The summed E-state index contributed by atoms with van der Waals surface area (Å²) in [5.41, 5.74) is 2.03. The first-order valence-corrected chi connectivity index (χ1v) is 14.4. The molecule has 215 valence electrons. The average molecular weight is 545 g/mol. The number of hydrogen-bond donors (Lipinski definition) is 2. The van der Waals surface area contributed by atoms with Crippen LogP contribution in [0.4, 0.5) is 10.7 Å². The Morgan fingerprint density at radius 2 is 1.45 bits per heavy atom. The summed E-state index contributed by atoms with van der Waals surface area (Å²) in [4.78, 5) is 23.6. The number of aromatic nitrogens is 2. The van der Waals surface area contributed by atoms with E-state index in [0.29, 0.717) is 5.95 Å². The number of methoxy groups -OCH3 is 1. The number of piperidine rings is 1. The number of hydrogen-bond acceptors (Lipinski definition) is 5. The van der Waals surface area contributed by atoms with E-state index in [9.17, 15) is 4.79 Å². The van der Waals surface area contributed by atoms with Gasteiger partial charge in [-0.25, -0.2) is 14.8 Å². The van der Waals surface area contributed by atoms with Crippen LogP contribution >= 0.6 is 0 Å². The monoisotopic (exact) mass is 544 g/mol. The van der Waals surface area contributed by atoms with Crippen LogP contribution in [0.5, 0.6) is 5.75 Å². The van der Waals surface area contributed by atoms with Crippen LogP contribution in [0.3, 0.4) is 0 Å². The van der Waals surface area contributed by atoms with Crippen LogP contribution in [0, 0.1) is 12.3 Å². The van der Waals surface area contributed by atoms with E-state index in [1.807, 2.05) is 96.6 Å². The third-order valence-corrected chi connectivity index (χ3v) is 7.48. The summed E-state index contributed by atoms with van der Waals surface area (Å²) < 4.78 is 5.21. The number of nitrogens with one attached hydrogen (secondary N) is 2. The Kier molecular flexibility index (Phi) is 11.4. The minimum Gasteiger partial charge on any atom is -0.497 e. The van der Waals surface area contributed by atoms with Gasteiger partial charge in [-0.05, 0) is 62.1 Å². The zero-order chi connectivity index (χ0) is 28.0. The summed E-state index contributed by atoms with van der Waals surface area (Å²) in [6, 6.07) is 8.44. The molecule has 7 heteroatoms. The van der Waals surface area contributed by atoms with Crippen molar-refractivity contribution >= 4 is 12.0 Å². The van der Waals surface area contributed by atoms with Gasteiger partial charge in [0.25, 0.3) is 0 Å². The van der Waals surface area contributed by atoms with Crippen LogP contribution in [0.2, 0.25) is 0 Å². The van der Waals surface area contributed by atoms with E-state index < -0.39 is 0 Å². The zero-order valence-electron chi connectivity index (χ0n) is 23.7. The van der Waals surface area contributed by atoms with Crippen molar-refractivity contribution in [1.29, 1.82) is 0 Å². The van der Waals surface area contributed by atoms with Crippen molar-refractivity contribution < 1.29 is 12.4 Å². The lowest BCUT2D eigenvalue weighted by atomic mass is 9.91. The Bertz CT molecular complexity index is 1150. The molecule has 2 N–H and O–H groups in total. The second kappa shape index (κ2) is 15.7. The molecular formula is C33H46N5O2. The van der Waals surface area contributed by atoms with E-state index in [4.69, 9.17) is 4.74 Å². The number of benzene rings is 1. The van der Waals surface area contributed by atoms with E-state index >= 15 is 0 Å². The lowest BCUT2D eigenvalue weighted by Gasteiger charge is -2.34. The fraction of sp³-hybridized carbons (Fsp3) is 0.394. The molecule has 2 heterocycles. The Morgan fingerprint density at radius 1 is 0.850 bits per heavy atom. The number of ether oxygens (including phenoxy) is 1. The van der Waals surface area contributed by atoms with Crippen molar-refractivity contribution in [2.75, 3.05) is 25.5 Å². The van der Waals surface area contributed by atoms with Gasteiger partial charge in [-0.3, -0.25) is 0 Å². The highest BCUT2D eigenvalue weighted by atomic mass is 16.5. The van der Waals surface area contributed by atoms with Crippen LogP contribution in [0.25, 0.3) is 11.1 Å². The van der Waals surface area contributed by atoms with Crippen LogP contribution in [-0.4, -0.2) is 53.2 Å². The number of nitrogens with zero attached hydrogens (tertiary/aromatic N) is 3. The molecule has 2 aromatic rings. The van der Waals surface area contributed by atoms with Crippen molar-refractivity contribution in [3.63, 3.8) is 0 Å². The molecule has 2 unspecified atom stereocenters. The Hall–Kier alpha value is -3.87. The lowest BCUT2D eigenvalue weighted by Crippen LogP contribution is -2.49. The number of rotatable bonds is 5. The summed E-state index contributed by atoms with van der Waals surface area (Å²) in [7, 11) is 1.66. The van der Waals surface area contributed by atoms with Gasteiger partial charge < -0.3 is 20.3 Å². The van der Waals surface area contributed by atoms with E-state index in [1.165, 1.54) is 0 Å². The number of amides is 2. The molecule has 5 rings (SSSR count). The second-order valence-electron chi connectivity index (χ2n) is 10.6. The highest BCUT2D eigenvalue weighted by molar-refractivity contribution is 5.74. The second-order valence-corrected chi connectivity index (χ2v) is 10.6. The van der Waals surface area contributed by atoms with Crippen molar-refractivity contribution in [3.05, 3.63) is 91.7 Å². The molecule has 1 saturated carbocycles. The van der Waals surface area contributed by atoms with Crippen molar-refractivity contribution in [2.24, 2.45) is 5.92 Å². The number of carbonyl (C=O) groups is 1. The van der Waals surface area contributed by atoms with Crippen molar-refractivity contribution in [1.82, 2.24) is 20.2 Å². The predicted molar refractivity (Wildman–Crippen MR) is 167 cm³/mol. The highest BCUT2D eigenvalue weighted by Crippen LogP contribution is 2.24. The van der Waals surface area contributed by atoms with Crippen LogP contribution in [0.15, 0.2) is 85.3 Å². The average Bonchev–Trinajstić information content (AvgIpc) is 3.15. The predicted octanol–water partition coefficient (Wildman–Crippen LogP) is 7.24. The molecule has 0 spiro atoms. The molecule has 2 atom stereocenters. The highest BCUT2D eigenvalue weighted by Gasteiger charge is 2.27. The fourth-order valence-electron chi connectivity index (χ4n) is 5.02. The number of urea groups is 1. The van der Waals surface area contributed by atoms with E-state index in [2.05, 4.69) is 27.5 Å². The molecule has 40 heavy (non-hydrogen) atoms. The Morgan fingerprint density at radius 3 is 2.08 bits per heavy atom. The first-order chi connectivity index (χ1) is 19.6. The molecule has 2 aliphatic carbocycles. The maximum Gasteiger partial charge on any atom is 0.317 e. The minimum absolute atomic E-state index is 0. The van der Waals surface area contributed by atoms with Gasteiger partial charge in [0.15, 0.2) is 0 Å². The molecule has 2 fully saturated rings. The number of anilines is 1. The molecule has 1 saturated heterocycles.